The summed E-state index contributed by atoms with van der Waals surface area (Å²) >= 11 is 0. The van der Waals surface area contributed by atoms with Crippen LogP contribution in [0.4, 0.5) is 0 Å². The van der Waals surface area contributed by atoms with Gasteiger partial charge in [0, 0.05) is 19.3 Å². The molecule has 1 rings (SSSR count). The summed E-state index contributed by atoms with van der Waals surface area (Å²) < 4.78 is 11.1. The highest BCUT2D eigenvalue weighted by Crippen LogP contribution is 2.12. The van der Waals surface area contributed by atoms with Gasteiger partial charge in [-0.1, -0.05) is 0 Å². The normalized spacial score (nSPS) is 24.9. The van der Waals surface area contributed by atoms with Crippen molar-refractivity contribution in [1.29, 1.82) is 0 Å². The molecule has 0 saturated carbocycles. The molecule has 2 unspecified atom stereocenters. The minimum atomic E-state index is 0.296. The van der Waals surface area contributed by atoms with Gasteiger partial charge in [-0.15, -0.1) is 0 Å². The zero-order valence-electron chi connectivity index (χ0n) is 9.21. The summed E-state index contributed by atoms with van der Waals surface area (Å²) in [4.78, 5) is 0. The van der Waals surface area contributed by atoms with Crippen molar-refractivity contribution in [3.63, 3.8) is 0 Å². The molecule has 1 fully saturated rings. The molecule has 2 N–H and O–H groups in total. The maximum Gasteiger partial charge on any atom is 0.0808 e. The van der Waals surface area contributed by atoms with E-state index >= 15 is 0 Å². The molecule has 0 aliphatic carbocycles. The topological polar surface area (TPSA) is 44.5 Å². The maximum atomic E-state index is 5.64. The van der Waals surface area contributed by atoms with Gasteiger partial charge < -0.3 is 15.2 Å². The maximum absolute atomic E-state index is 5.64. The van der Waals surface area contributed by atoms with Crippen molar-refractivity contribution in [2.45, 2.75) is 51.2 Å². The molecule has 1 heterocycles. The predicted molar refractivity (Wildman–Crippen MR) is 57.3 cm³/mol. The van der Waals surface area contributed by atoms with Gasteiger partial charge in [-0.25, -0.2) is 0 Å². The van der Waals surface area contributed by atoms with Gasteiger partial charge in [-0.3, -0.25) is 0 Å². The van der Waals surface area contributed by atoms with Gasteiger partial charge in [-0.05, 0) is 39.0 Å². The lowest BCUT2D eigenvalue weighted by molar-refractivity contribution is -0.0411. The number of hydrogen-bond donors (Lipinski definition) is 1. The number of nitrogens with two attached hydrogens (primary N) is 1. The molecule has 0 aromatic carbocycles. The second-order valence-electron chi connectivity index (χ2n) is 4.18. The summed E-state index contributed by atoms with van der Waals surface area (Å²) in [5.74, 6) is 0. The highest BCUT2D eigenvalue weighted by atomic mass is 16.5. The van der Waals surface area contributed by atoms with E-state index in [9.17, 15) is 0 Å². The zero-order valence-corrected chi connectivity index (χ0v) is 9.21. The van der Waals surface area contributed by atoms with Crippen LogP contribution < -0.4 is 5.73 Å². The molecule has 0 bridgehead atoms. The van der Waals surface area contributed by atoms with Crippen LogP contribution in [-0.4, -0.2) is 32.0 Å². The molecule has 1 aliphatic rings. The fourth-order valence-electron chi connectivity index (χ4n) is 1.66. The van der Waals surface area contributed by atoms with Gasteiger partial charge in [-0.2, -0.15) is 0 Å². The molecule has 3 nitrogen and oxygen atoms in total. The molecule has 0 aromatic heterocycles. The molecule has 2 atom stereocenters. The molecule has 0 amide bonds. The summed E-state index contributed by atoms with van der Waals surface area (Å²) in [5.41, 5.74) is 5.64. The van der Waals surface area contributed by atoms with Crippen molar-refractivity contribution in [2.24, 2.45) is 5.73 Å². The quantitative estimate of drug-likeness (QED) is 0.665. The van der Waals surface area contributed by atoms with E-state index in [1.807, 2.05) is 6.92 Å². The molecular weight excluding hydrogens is 178 g/mol. The van der Waals surface area contributed by atoms with Gasteiger partial charge in [0.1, 0.15) is 0 Å². The summed E-state index contributed by atoms with van der Waals surface area (Å²) in [6, 6.07) is 0.296. The minimum absolute atomic E-state index is 0.296. The second-order valence-corrected chi connectivity index (χ2v) is 4.18. The van der Waals surface area contributed by atoms with E-state index in [1.54, 1.807) is 0 Å². The Hall–Kier alpha value is -0.120. The van der Waals surface area contributed by atoms with Crippen LogP contribution in [0.1, 0.15) is 39.0 Å². The lowest BCUT2D eigenvalue weighted by atomic mass is 10.1. The van der Waals surface area contributed by atoms with Crippen LogP contribution in [-0.2, 0) is 9.47 Å². The SMILES string of the molecule is CC(N)CCCOCC1CCCCO1. The summed E-state index contributed by atoms with van der Waals surface area (Å²) in [7, 11) is 0. The molecule has 0 radical (unpaired) electrons. The van der Waals surface area contributed by atoms with Crippen molar-refractivity contribution < 1.29 is 9.47 Å². The molecule has 0 spiro atoms. The highest BCUT2D eigenvalue weighted by molar-refractivity contribution is 4.62. The Morgan fingerprint density at radius 1 is 1.50 bits per heavy atom. The van der Waals surface area contributed by atoms with Crippen molar-refractivity contribution in [2.75, 3.05) is 19.8 Å². The Bertz CT molecular complexity index is 133. The van der Waals surface area contributed by atoms with E-state index in [0.29, 0.717) is 12.1 Å². The summed E-state index contributed by atoms with van der Waals surface area (Å²) in [6.45, 7) is 4.53. The first-order valence-electron chi connectivity index (χ1n) is 5.74. The molecular formula is C11H23NO2. The third-order valence-corrected chi connectivity index (χ3v) is 2.53. The Kier molecular flexibility index (Phi) is 6.15. The van der Waals surface area contributed by atoms with Crippen molar-refractivity contribution in [1.82, 2.24) is 0 Å². The molecule has 84 valence electrons. The summed E-state index contributed by atoms with van der Waals surface area (Å²) in [6.07, 6.45) is 6.11. The van der Waals surface area contributed by atoms with Crippen LogP contribution in [0.5, 0.6) is 0 Å². The Morgan fingerprint density at radius 2 is 2.36 bits per heavy atom. The van der Waals surface area contributed by atoms with E-state index < -0.39 is 0 Å². The standard InChI is InChI=1S/C11H23NO2/c1-10(12)5-4-7-13-9-11-6-2-3-8-14-11/h10-11H,2-9,12H2,1H3. The molecule has 1 saturated heterocycles. The first-order valence-corrected chi connectivity index (χ1v) is 5.74. The van der Waals surface area contributed by atoms with Crippen LogP contribution in [0.3, 0.4) is 0 Å². The van der Waals surface area contributed by atoms with Gasteiger partial charge >= 0.3 is 0 Å². The van der Waals surface area contributed by atoms with Crippen LogP contribution >= 0.6 is 0 Å². The zero-order chi connectivity index (χ0) is 10.2. The van der Waals surface area contributed by atoms with Crippen molar-refractivity contribution in [3.05, 3.63) is 0 Å². The Labute approximate surface area is 86.9 Å². The van der Waals surface area contributed by atoms with Gasteiger partial charge in [0.15, 0.2) is 0 Å². The average Bonchev–Trinajstić information content (AvgIpc) is 2.18. The third kappa shape index (κ3) is 5.58. The third-order valence-electron chi connectivity index (χ3n) is 2.53. The van der Waals surface area contributed by atoms with Crippen LogP contribution in [0.2, 0.25) is 0 Å². The molecule has 1 aliphatic heterocycles. The van der Waals surface area contributed by atoms with Crippen LogP contribution in [0.25, 0.3) is 0 Å². The van der Waals surface area contributed by atoms with Gasteiger partial charge in [0.05, 0.1) is 12.7 Å². The highest BCUT2D eigenvalue weighted by Gasteiger charge is 2.13. The average molecular weight is 201 g/mol. The predicted octanol–water partition coefficient (Wildman–Crippen LogP) is 1.70. The fraction of sp³-hybridized carbons (Fsp3) is 1.00. The molecule has 14 heavy (non-hydrogen) atoms. The Morgan fingerprint density at radius 3 is 3.00 bits per heavy atom. The number of hydrogen-bond acceptors (Lipinski definition) is 3. The minimum Gasteiger partial charge on any atom is -0.379 e. The largest absolute Gasteiger partial charge is 0.379 e. The van der Waals surface area contributed by atoms with Crippen molar-refractivity contribution >= 4 is 0 Å². The van der Waals surface area contributed by atoms with Crippen LogP contribution in [0.15, 0.2) is 0 Å². The second kappa shape index (κ2) is 7.21. The monoisotopic (exact) mass is 201 g/mol. The van der Waals surface area contributed by atoms with E-state index in [2.05, 4.69) is 0 Å². The lowest BCUT2D eigenvalue weighted by Crippen LogP contribution is -2.24. The van der Waals surface area contributed by atoms with E-state index in [-0.39, 0.29) is 0 Å². The number of ether oxygens (including phenoxy) is 2. The van der Waals surface area contributed by atoms with E-state index in [0.717, 1.165) is 39.1 Å². The van der Waals surface area contributed by atoms with E-state index in [1.165, 1.54) is 12.8 Å². The van der Waals surface area contributed by atoms with E-state index in [4.69, 9.17) is 15.2 Å². The van der Waals surface area contributed by atoms with Gasteiger partial charge in [0.25, 0.3) is 0 Å². The van der Waals surface area contributed by atoms with Gasteiger partial charge in [0.2, 0.25) is 0 Å². The smallest absolute Gasteiger partial charge is 0.0808 e. The summed E-state index contributed by atoms with van der Waals surface area (Å²) in [5, 5.41) is 0. The Balaban J connectivity index is 1.87. The molecule has 3 heteroatoms. The fourth-order valence-corrected chi connectivity index (χ4v) is 1.66. The lowest BCUT2D eigenvalue weighted by Gasteiger charge is -2.22. The first kappa shape index (κ1) is 12.0. The van der Waals surface area contributed by atoms with Crippen molar-refractivity contribution in [3.8, 4) is 0 Å². The van der Waals surface area contributed by atoms with Crippen LogP contribution in [0, 0.1) is 0 Å². The molecule has 0 aromatic rings. The first-order chi connectivity index (χ1) is 6.79. The number of rotatable bonds is 6.